The molecule has 0 unspecified atom stereocenters. The number of nitrogens with one attached hydrogen (secondary N) is 1. The van der Waals surface area contributed by atoms with Crippen molar-refractivity contribution in [3.8, 4) is 0 Å². The number of benzene rings is 1. The standard InChI is InChI=1S/C18H23FN6O/c19-15-3-1-2-4-17(15)23-9-11-24(12-10-23)18(26)16-13-25(22-21-16)14-5-7-20-8-6-14/h1-4,13-14,20H,5-12H2. The summed E-state index contributed by atoms with van der Waals surface area (Å²) in [6.07, 6.45) is 3.76. The lowest BCUT2D eigenvalue weighted by Crippen LogP contribution is -2.49. The summed E-state index contributed by atoms with van der Waals surface area (Å²) in [4.78, 5) is 16.5. The van der Waals surface area contributed by atoms with Crippen molar-refractivity contribution in [2.75, 3.05) is 44.2 Å². The molecule has 1 aromatic carbocycles. The average Bonchev–Trinajstić information content (AvgIpc) is 3.19. The molecule has 3 heterocycles. The summed E-state index contributed by atoms with van der Waals surface area (Å²) in [6.45, 7) is 4.24. The molecule has 1 N–H and O–H groups in total. The fraction of sp³-hybridized carbons (Fsp3) is 0.500. The Labute approximate surface area is 151 Å². The van der Waals surface area contributed by atoms with Gasteiger partial charge in [-0.25, -0.2) is 9.07 Å². The minimum Gasteiger partial charge on any atom is -0.366 e. The molecule has 1 aromatic heterocycles. The number of para-hydroxylation sites is 1. The number of halogens is 1. The highest BCUT2D eigenvalue weighted by molar-refractivity contribution is 5.92. The van der Waals surface area contributed by atoms with E-state index >= 15 is 0 Å². The molecule has 4 rings (SSSR count). The van der Waals surface area contributed by atoms with Crippen LogP contribution in [0.15, 0.2) is 30.5 Å². The second kappa shape index (κ2) is 7.41. The van der Waals surface area contributed by atoms with Crippen LogP contribution in [0.5, 0.6) is 0 Å². The van der Waals surface area contributed by atoms with Crippen molar-refractivity contribution in [3.63, 3.8) is 0 Å². The number of carbonyl (C=O) groups is 1. The van der Waals surface area contributed by atoms with Gasteiger partial charge in [-0.1, -0.05) is 17.3 Å². The van der Waals surface area contributed by atoms with Crippen LogP contribution < -0.4 is 10.2 Å². The Bertz CT molecular complexity index is 765. The topological polar surface area (TPSA) is 66.3 Å². The first-order valence-corrected chi connectivity index (χ1v) is 9.13. The molecular weight excluding hydrogens is 335 g/mol. The fourth-order valence-corrected chi connectivity index (χ4v) is 3.65. The number of hydrogen-bond acceptors (Lipinski definition) is 5. The van der Waals surface area contributed by atoms with E-state index in [0.717, 1.165) is 25.9 Å². The van der Waals surface area contributed by atoms with E-state index in [0.29, 0.717) is 43.6 Å². The first-order valence-electron chi connectivity index (χ1n) is 9.13. The minimum atomic E-state index is -0.225. The number of aromatic nitrogens is 3. The maximum absolute atomic E-state index is 13.9. The van der Waals surface area contributed by atoms with Crippen LogP contribution >= 0.6 is 0 Å². The van der Waals surface area contributed by atoms with E-state index in [2.05, 4.69) is 15.6 Å². The molecule has 2 saturated heterocycles. The van der Waals surface area contributed by atoms with Gasteiger partial charge in [0.15, 0.2) is 5.69 Å². The van der Waals surface area contributed by atoms with Crippen LogP contribution in [-0.4, -0.2) is 65.1 Å². The smallest absolute Gasteiger partial charge is 0.276 e. The Balaban J connectivity index is 1.38. The van der Waals surface area contributed by atoms with Crippen LogP contribution in [0.3, 0.4) is 0 Å². The van der Waals surface area contributed by atoms with E-state index < -0.39 is 0 Å². The summed E-state index contributed by atoms with van der Waals surface area (Å²) < 4.78 is 15.7. The lowest BCUT2D eigenvalue weighted by Gasteiger charge is -2.35. The zero-order valence-corrected chi connectivity index (χ0v) is 14.6. The van der Waals surface area contributed by atoms with Crippen molar-refractivity contribution in [3.05, 3.63) is 42.0 Å². The lowest BCUT2D eigenvalue weighted by atomic mass is 10.1. The van der Waals surface area contributed by atoms with Gasteiger partial charge in [-0.2, -0.15) is 0 Å². The van der Waals surface area contributed by atoms with E-state index in [1.54, 1.807) is 23.2 Å². The molecule has 2 aliphatic rings. The third-order valence-electron chi connectivity index (χ3n) is 5.17. The first kappa shape index (κ1) is 17.0. The van der Waals surface area contributed by atoms with Crippen molar-refractivity contribution in [1.82, 2.24) is 25.2 Å². The van der Waals surface area contributed by atoms with Gasteiger partial charge in [-0.05, 0) is 38.1 Å². The third kappa shape index (κ3) is 3.41. The van der Waals surface area contributed by atoms with Crippen molar-refractivity contribution in [2.24, 2.45) is 0 Å². The second-order valence-electron chi connectivity index (χ2n) is 6.80. The summed E-state index contributed by atoms with van der Waals surface area (Å²) in [5, 5.41) is 11.6. The Hall–Kier alpha value is -2.48. The molecule has 0 aliphatic carbocycles. The number of rotatable bonds is 3. The quantitative estimate of drug-likeness (QED) is 0.896. The molecule has 26 heavy (non-hydrogen) atoms. The summed E-state index contributed by atoms with van der Waals surface area (Å²) >= 11 is 0. The minimum absolute atomic E-state index is 0.0987. The second-order valence-corrected chi connectivity index (χ2v) is 6.80. The average molecular weight is 358 g/mol. The molecule has 1 amide bonds. The van der Waals surface area contributed by atoms with Crippen molar-refractivity contribution in [1.29, 1.82) is 0 Å². The molecule has 0 spiro atoms. The molecule has 0 bridgehead atoms. The molecule has 8 heteroatoms. The SMILES string of the molecule is O=C(c1cn(C2CCNCC2)nn1)N1CCN(c2ccccc2F)CC1. The van der Waals surface area contributed by atoms with Crippen LogP contribution in [0.2, 0.25) is 0 Å². The van der Waals surface area contributed by atoms with Gasteiger partial charge in [0.2, 0.25) is 0 Å². The van der Waals surface area contributed by atoms with Gasteiger partial charge in [0.1, 0.15) is 5.82 Å². The van der Waals surface area contributed by atoms with Gasteiger partial charge in [-0.3, -0.25) is 4.79 Å². The molecule has 7 nitrogen and oxygen atoms in total. The predicted octanol–water partition coefficient (Wildman–Crippen LogP) is 1.30. The van der Waals surface area contributed by atoms with Gasteiger partial charge >= 0.3 is 0 Å². The number of anilines is 1. The largest absolute Gasteiger partial charge is 0.366 e. The molecule has 2 fully saturated rings. The summed E-state index contributed by atoms with van der Waals surface area (Å²) in [7, 11) is 0. The Morgan fingerprint density at radius 2 is 1.85 bits per heavy atom. The maximum atomic E-state index is 13.9. The molecule has 0 atom stereocenters. The van der Waals surface area contributed by atoms with Gasteiger partial charge in [0.05, 0.1) is 17.9 Å². The van der Waals surface area contributed by atoms with E-state index in [1.165, 1.54) is 6.07 Å². The van der Waals surface area contributed by atoms with Gasteiger partial charge in [0.25, 0.3) is 5.91 Å². The lowest BCUT2D eigenvalue weighted by molar-refractivity contribution is 0.0740. The zero-order chi connectivity index (χ0) is 17.9. The zero-order valence-electron chi connectivity index (χ0n) is 14.6. The normalized spacial score (nSPS) is 19.0. The predicted molar refractivity (Wildman–Crippen MR) is 95.7 cm³/mol. The number of piperazine rings is 1. The van der Waals surface area contributed by atoms with Crippen LogP contribution in [-0.2, 0) is 0 Å². The van der Waals surface area contributed by atoms with Gasteiger partial charge in [-0.15, -0.1) is 5.10 Å². The summed E-state index contributed by atoms with van der Waals surface area (Å²) in [6, 6.07) is 7.06. The molecule has 0 saturated carbocycles. The molecule has 2 aromatic rings. The number of hydrogen-bond donors (Lipinski definition) is 1. The Kier molecular flexibility index (Phi) is 4.83. The number of piperidine rings is 1. The highest BCUT2D eigenvalue weighted by Gasteiger charge is 2.26. The first-order chi connectivity index (χ1) is 12.7. The van der Waals surface area contributed by atoms with E-state index in [9.17, 15) is 9.18 Å². The monoisotopic (exact) mass is 358 g/mol. The fourth-order valence-electron chi connectivity index (χ4n) is 3.65. The highest BCUT2D eigenvalue weighted by Crippen LogP contribution is 2.21. The summed E-state index contributed by atoms with van der Waals surface area (Å²) in [5.41, 5.74) is 0.985. The summed E-state index contributed by atoms with van der Waals surface area (Å²) in [5.74, 6) is -0.324. The Morgan fingerprint density at radius 1 is 1.12 bits per heavy atom. The van der Waals surface area contributed by atoms with Crippen LogP contribution in [0.25, 0.3) is 0 Å². The van der Waals surface area contributed by atoms with Crippen LogP contribution in [0.1, 0.15) is 29.4 Å². The maximum Gasteiger partial charge on any atom is 0.276 e. The van der Waals surface area contributed by atoms with E-state index in [1.807, 2.05) is 15.6 Å². The highest BCUT2D eigenvalue weighted by atomic mass is 19.1. The number of carbonyl (C=O) groups excluding carboxylic acids is 1. The number of nitrogens with zero attached hydrogens (tertiary/aromatic N) is 5. The van der Waals surface area contributed by atoms with E-state index in [-0.39, 0.29) is 11.7 Å². The number of amides is 1. The van der Waals surface area contributed by atoms with Gasteiger partial charge in [0, 0.05) is 26.2 Å². The van der Waals surface area contributed by atoms with Crippen molar-refractivity contribution < 1.29 is 9.18 Å². The molecular formula is C18H23FN6O. The van der Waals surface area contributed by atoms with Crippen molar-refractivity contribution in [2.45, 2.75) is 18.9 Å². The van der Waals surface area contributed by atoms with Crippen LogP contribution in [0.4, 0.5) is 10.1 Å². The van der Waals surface area contributed by atoms with E-state index in [4.69, 9.17) is 0 Å². The van der Waals surface area contributed by atoms with Crippen molar-refractivity contribution >= 4 is 11.6 Å². The molecule has 0 radical (unpaired) electrons. The molecule has 2 aliphatic heterocycles. The third-order valence-corrected chi connectivity index (χ3v) is 5.17. The van der Waals surface area contributed by atoms with Crippen LogP contribution in [0, 0.1) is 5.82 Å². The molecule has 138 valence electrons. The Morgan fingerprint density at radius 3 is 2.58 bits per heavy atom. The van der Waals surface area contributed by atoms with Gasteiger partial charge < -0.3 is 15.1 Å².